The molecule has 0 aliphatic heterocycles. The Kier molecular flexibility index (Phi) is 2.99. The minimum atomic E-state index is 0.353. The first-order valence-electron chi connectivity index (χ1n) is 5.60. The van der Waals surface area contributed by atoms with Crippen molar-refractivity contribution < 1.29 is 0 Å². The van der Waals surface area contributed by atoms with E-state index in [1.807, 2.05) is 29.9 Å². The fraction of sp³-hybridized carbons (Fsp3) is 0.333. The summed E-state index contributed by atoms with van der Waals surface area (Å²) >= 11 is 0. The van der Waals surface area contributed by atoms with Crippen molar-refractivity contribution in [3.8, 4) is 0 Å². The van der Waals surface area contributed by atoms with Crippen LogP contribution in [0.1, 0.15) is 25.5 Å². The molecule has 0 spiro atoms. The molecule has 17 heavy (non-hydrogen) atoms. The van der Waals surface area contributed by atoms with E-state index in [9.17, 15) is 0 Å². The molecule has 0 saturated carbocycles. The molecular formula is C12H17N5. The van der Waals surface area contributed by atoms with Gasteiger partial charge >= 0.3 is 0 Å². The summed E-state index contributed by atoms with van der Waals surface area (Å²) in [6.45, 7) is 6.14. The number of nitrogens with one attached hydrogen (secondary N) is 1. The molecule has 2 aromatic rings. The Hall–Kier alpha value is -2.04. The maximum absolute atomic E-state index is 5.65. The van der Waals surface area contributed by atoms with Crippen molar-refractivity contribution in [2.75, 3.05) is 11.1 Å². The maximum atomic E-state index is 5.65. The Morgan fingerprint density at radius 1 is 1.41 bits per heavy atom. The Labute approximate surface area is 101 Å². The summed E-state index contributed by atoms with van der Waals surface area (Å²) in [5.41, 5.74) is 7.33. The van der Waals surface area contributed by atoms with Gasteiger partial charge in [-0.05, 0) is 32.4 Å². The first kappa shape index (κ1) is 11.4. The minimum Gasteiger partial charge on any atom is -0.397 e. The molecule has 5 nitrogen and oxygen atoms in total. The number of hydrogen-bond acceptors (Lipinski definition) is 4. The van der Waals surface area contributed by atoms with Crippen LogP contribution in [0.5, 0.6) is 0 Å². The average Bonchev–Trinajstić information content (AvgIpc) is 2.71. The molecule has 2 heterocycles. The number of nitrogen functional groups attached to an aromatic ring is 1. The van der Waals surface area contributed by atoms with Gasteiger partial charge in [0.15, 0.2) is 5.82 Å². The molecule has 2 aromatic heterocycles. The second kappa shape index (κ2) is 4.45. The predicted octanol–water partition coefficient (Wildman–Crippen LogP) is 2.49. The maximum Gasteiger partial charge on any atom is 0.153 e. The van der Waals surface area contributed by atoms with Crippen molar-refractivity contribution in [1.29, 1.82) is 0 Å². The van der Waals surface area contributed by atoms with Crippen LogP contribution < -0.4 is 11.1 Å². The van der Waals surface area contributed by atoms with Gasteiger partial charge in [-0.3, -0.25) is 4.68 Å². The zero-order chi connectivity index (χ0) is 12.4. The molecule has 3 N–H and O–H groups in total. The molecule has 0 aliphatic rings. The number of nitrogens with zero attached hydrogens (tertiary/aromatic N) is 3. The summed E-state index contributed by atoms with van der Waals surface area (Å²) in [5, 5.41) is 7.58. The normalized spacial score (nSPS) is 10.8. The van der Waals surface area contributed by atoms with E-state index in [1.165, 1.54) is 0 Å². The Bertz CT molecular complexity index is 515. The molecule has 90 valence electrons. The van der Waals surface area contributed by atoms with Crippen molar-refractivity contribution in [1.82, 2.24) is 14.8 Å². The number of pyridine rings is 1. The third-order valence-electron chi connectivity index (χ3n) is 2.48. The van der Waals surface area contributed by atoms with Crippen molar-refractivity contribution in [2.24, 2.45) is 0 Å². The zero-order valence-electron chi connectivity index (χ0n) is 10.3. The highest BCUT2D eigenvalue weighted by atomic mass is 15.3. The van der Waals surface area contributed by atoms with E-state index in [4.69, 9.17) is 5.73 Å². The van der Waals surface area contributed by atoms with Gasteiger partial charge in [-0.2, -0.15) is 5.10 Å². The SMILES string of the molecule is Cc1cc(N)cnc1Nc1ccn(C(C)C)n1. The monoisotopic (exact) mass is 231 g/mol. The van der Waals surface area contributed by atoms with Gasteiger partial charge in [-0.15, -0.1) is 0 Å². The summed E-state index contributed by atoms with van der Waals surface area (Å²) < 4.78 is 1.90. The topological polar surface area (TPSA) is 68.8 Å². The van der Waals surface area contributed by atoms with E-state index in [2.05, 4.69) is 29.2 Å². The van der Waals surface area contributed by atoms with Crippen molar-refractivity contribution in [3.05, 3.63) is 30.1 Å². The van der Waals surface area contributed by atoms with Gasteiger partial charge in [0.2, 0.25) is 0 Å². The minimum absolute atomic E-state index is 0.353. The van der Waals surface area contributed by atoms with Crippen molar-refractivity contribution >= 4 is 17.3 Å². The van der Waals surface area contributed by atoms with Gasteiger partial charge < -0.3 is 11.1 Å². The standard InChI is InChI=1S/C12H17N5/c1-8(2)17-5-4-11(16-17)15-12-9(3)6-10(13)7-14-12/h4-8H,13H2,1-3H3,(H,14,15,16). The average molecular weight is 231 g/mol. The molecule has 0 aromatic carbocycles. The van der Waals surface area contributed by atoms with E-state index in [-0.39, 0.29) is 0 Å². The van der Waals surface area contributed by atoms with E-state index < -0.39 is 0 Å². The lowest BCUT2D eigenvalue weighted by Gasteiger charge is -2.07. The second-order valence-corrected chi connectivity index (χ2v) is 4.33. The largest absolute Gasteiger partial charge is 0.397 e. The lowest BCUT2D eigenvalue weighted by Crippen LogP contribution is -2.03. The number of anilines is 3. The molecule has 0 bridgehead atoms. The molecule has 0 unspecified atom stereocenters. The second-order valence-electron chi connectivity index (χ2n) is 4.33. The Morgan fingerprint density at radius 2 is 2.18 bits per heavy atom. The number of hydrogen-bond donors (Lipinski definition) is 2. The van der Waals surface area contributed by atoms with Crippen LogP contribution in [0.4, 0.5) is 17.3 Å². The van der Waals surface area contributed by atoms with Crippen molar-refractivity contribution in [2.45, 2.75) is 26.8 Å². The number of nitrogens with two attached hydrogens (primary N) is 1. The summed E-state index contributed by atoms with van der Waals surface area (Å²) in [7, 11) is 0. The lowest BCUT2D eigenvalue weighted by atomic mass is 10.2. The molecule has 0 atom stereocenters. The van der Waals surface area contributed by atoms with Crippen LogP contribution in [0.2, 0.25) is 0 Å². The molecule has 5 heteroatoms. The zero-order valence-corrected chi connectivity index (χ0v) is 10.3. The van der Waals surface area contributed by atoms with Crippen molar-refractivity contribution in [3.63, 3.8) is 0 Å². The quantitative estimate of drug-likeness (QED) is 0.851. The summed E-state index contributed by atoms with van der Waals surface area (Å²) in [5.74, 6) is 1.58. The highest BCUT2D eigenvalue weighted by Crippen LogP contribution is 2.18. The number of rotatable bonds is 3. The number of aromatic nitrogens is 3. The number of aryl methyl sites for hydroxylation is 1. The van der Waals surface area contributed by atoms with Crippen LogP contribution >= 0.6 is 0 Å². The van der Waals surface area contributed by atoms with Gasteiger partial charge in [0, 0.05) is 18.3 Å². The Balaban J connectivity index is 2.19. The van der Waals surface area contributed by atoms with Crippen LogP contribution in [-0.4, -0.2) is 14.8 Å². The molecule has 0 radical (unpaired) electrons. The van der Waals surface area contributed by atoms with Crippen LogP contribution in [0.3, 0.4) is 0 Å². The molecule has 2 rings (SSSR count). The molecular weight excluding hydrogens is 214 g/mol. The van der Waals surface area contributed by atoms with Gasteiger partial charge in [0.05, 0.1) is 11.9 Å². The van der Waals surface area contributed by atoms with Gasteiger partial charge in [0.1, 0.15) is 5.82 Å². The van der Waals surface area contributed by atoms with Crippen LogP contribution in [0.25, 0.3) is 0 Å². The fourth-order valence-electron chi connectivity index (χ4n) is 1.54. The predicted molar refractivity (Wildman–Crippen MR) is 69.3 cm³/mol. The van der Waals surface area contributed by atoms with E-state index >= 15 is 0 Å². The molecule has 0 saturated heterocycles. The lowest BCUT2D eigenvalue weighted by molar-refractivity contribution is 0.534. The highest BCUT2D eigenvalue weighted by Gasteiger charge is 2.05. The Morgan fingerprint density at radius 3 is 2.76 bits per heavy atom. The van der Waals surface area contributed by atoms with E-state index in [1.54, 1.807) is 6.20 Å². The van der Waals surface area contributed by atoms with Gasteiger partial charge in [-0.1, -0.05) is 0 Å². The third kappa shape index (κ3) is 2.55. The van der Waals surface area contributed by atoms with Crippen LogP contribution in [-0.2, 0) is 0 Å². The molecule has 0 amide bonds. The summed E-state index contributed by atoms with van der Waals surface area (Å²) in [6, 6.07) is 4.16. The first-order chi connectivity index (χ1) is 8.06. The van der Waals surface area contributed by atoms with E-state index in [0.717, 1.165) is 17.2 Å². The fourth-order valence-corrected chi connectivity index (χ4v) is 1.54. The van der Waals surface area contributed by atoms with Crippen LogP contribution in [0, 0.1) is 6.92 Å². The molecule has 0 fully saturated rings. The van der Waals surface area contributed by atoms with E-state index in [0.29, 0.717) is 11.7 Å². The van der Waals surface area contributed by atoms with Gasteiger partial charge in [-0.25, -0.2) is 4.98 Å². The summed E-state index contributed by atoms with van der Waals surface area (Å²) in [4.78, 5) is 4.24. The smallest absolute Gasteiger partial charge is 0.153 e. The van der Waals surface area contributed by atoms with Gasteiger partial charge in [0.25, 0.3) is 0 Å². The molecule has 0 aliphatic carbocycles. The van der Waals surface area contributed by atoms with Crippen LogP contribution in [0.15, 0.2) is 24.5 Å². The summed E-state index contributed by atoms with van der Waals surface area (Å²) in [6.07, 6.45) is 3.58. The first-order valence-corrected chi connectivity index (χ1v) is 5.60. The third-order valence-corrected chi connectivity index (χ3v) is 2.48. The highest BCUT2D eigenvalue weighted by molar-refractivity contribution is 5.58.